The number of benzene rings is 2. The van der Waals surface area contributed by atoms with Gasteiger partial charge < -0.3 is 10.1 Å². The van der Waals surface area contributed by atoms with Crippen LogP contribution in [0.2, 0.25) is 0 Å². The van der Waals surface area contributed by atoms with E-state index in [-0.39, 0.29) is 18.0 Å². The summed E-state index contributed by atoms with van der Waals surface area (Å²) in [4.78, 5) is 12.6. The highest BCUT2D eigenvalue weighted by atomic mass is 16.5. The molecular weight excluding hydrogens is 342 g/mol. The van der Waals surface area contributed by atoms with Crippen molar-refractivity contribution in [2.24, 2.45) is 0 Å². The molecule has 27 heavy (non-hydrogen) atoms. The van der Waals surface area contributed by atoms with E-state index >= 15 is 0 Å². The van der Waals surface area contributed by atoms with Crippen molar-refractivity contribution in [1.29, 1.82) is 0 Å². The predicted octanol–water partition coefficient (Wildman–Crippen LogP) is 2.43. The molecule has 138 valence electrons. The van der Waals surface area contributed by atoms with E-state index < -0.39 is 0 Å². The van der Waals surface area contributed by atoms with Crippen LogP contribution in [0.25, 0.3) is 5.69 Å². The third kappa shape index (κ3) is 3.84. The molecule has 3 N–H and O–H groups in total. The fourth-order valence-corrected chi connectivity index (χ4v) is 3.15. The Morgan fingerprint density at radius 3 is 2.78 bits per heavy atom. The second-order valence-corrected chi connectivity index (χ2v) is 6.39. The molecule has 3 aromatic rings. The van der Waals surface area contributed by atoms with Gasteiger partial charge in [0.1, 0.15) is 11.8 Å². The van der Waals surface area contributed by atoms with Gasteiger partial charge in [0.15, 0.2) is 0 Å². The summed E-state index contributed by atoms with van der Waals surface area (Å²) in [5.41, 5.74) is 9.05. The first-order valence-corrected chi connectivity index (χ1v) is 8.79. The zero-order valence-electron chi connectivity index (χ0n) is 14.9. The van der Waals surface area contributed by atoms with Crippen LogP contribution >= 0.6 is 0 Å². The number of nitrogens with one attached hydrogen (secondary N) is 3. The third-order valence-electron chi connectivity index (χ3n) is 4.62. The maximum absolute atomic E-state index is 12.6. The molecule has 1 amide bonds. The number of carbonyl (C=O) groups is 1. The van der Waals surface area contributed by atoms with Gasteiger partial charge in [-0.1, -0.05) is 12.1 Å². The Labute approximate surface area is 157 Å². The molecule has 4 rings (SSSR count). The minimum absolute atomic E-state index is 0.0537. The van der Waals surface area contributed by atoms with E-state index in [1.807, 2.05) is 60.8 Å². The van der Waals surface area contributed by atoms with Gasteiger partial charge >= 0.3 is 0 Å². The van der Waals surface area contributed by atoms with E-state index in [0.717, 1.165) is 22.7 Å². The summed E-state index contributed by atoms with van der Waals surface area (Å²) >= 11 is 0. The summed E-state index contributed by atoms with van der Waals surface area (Å²) < 4.78 is 7.04. The number of carbonyl (C=O) groups excluding carboxylic acids is 1. The highest BCUT2D eigenvalue weighted by Crippen LogP contribution is 2.26. The molecule has 0 bridgehead atoms. The monoisotopic (exact) mass is 363 g/mol. The molecule has 1 fully saturated rings. The molecule has 0 saturated carbocycles. The quantitative estimate of drug-likeness (QED) is 0.649. The normalized spacial score (nSPS) is 19.0. The van der Waals surface area contributed by atoms with Gasteiger partial charge in [0, 0.05) is 24.1 Å². The van der Waals surface area contributed by atoms with Crippen molar-refractivity contribution in [3.63, 3.8) is 0 Å². The van der Waals surface area contributed by atoms with Crippen LogP contribution in [0.5, 0.6) is 5.75 Å². The SMILES string of the molecule is COc1cccc(C2CC(C(=O)Nc3ccc(-n4cccn4)cc3)NN2)c1. The second-order valence-electron chi connectivity index (χ2n) is 6.39. The van der Waals surface area contributed by atoms with Crippen LogP contribution < -0.4 is 20.9 Å². The number of hydrazine groups is 1. The van der Waals surface area contributed by atoms with Crippen LogP contribution in [-0.2, 0) is 4.79 Å². The molecule has 2 unspecified atom stereocenters. The Kier molecular flexibility index (Phi) is 4.86. The van der Waals surface area contributed by atoms with Gasteiger partial charge in [-0.3, -0.25) is 4.79 Å². The third-order valence-corrected chi connectivity index (χ3v) is 4.62. The first-order valence-electron chi connectivity index (χ1n) is 8.79. The number of hydrogen-bond donors (Lipinski definition) is 3. The molecule has 0 aliphatic carbocycles. The van der Waals surface area contributed by atoms with Crippen LogP contribution in [-0.4, -0.2) is 28.8 Å². The molecule has 2 heterocycles. The van der Waals surface area contributed by atoms with Gasteiger partial charge in [-0.2, -0.15) is 5.10 Å². The molecule has 7 nitrogen and oxygen atoms in total. The number of ether oxygens (including phenoxy) is 1. The van der Waals surface area contributed by atoms with Gasteiger partial charge in [0.2, 0.25) is 5.91 Å². The summed E-state index contributed by atoms with van der Waals surface area (Å²) in [5.74, 6) is 0.735. The molecule has 1 aromatic heterocycles. The first-order chi connectivity index (χ1) is 13.2. The van der Waals surface area contributed by atoms with Gasteiger partial charge in [0.25, 0.3) is 0 Å². The summed E-state index contributed by atoms with van der Waals surface area (Å²) in [6.07, 6.45) is 4.26. The summed E-state index contributed by atoms with van der Waals surface area (Å²) in [6.45, 7) is 0. The van der Waals surface area contributed by atoms with E-state index in [1.54, 1.807) is 18.0 Å². The lowest BCUT2D eigenvalue weighted by atomic mass is 10.0. The summed E-state index contributed by atoms with van der Waals surface area (Å²) in [6, 6.07) is 17.0. The lowest BCUT2D eigenvalue weighted by Gasteiger charge is -2.12. The standard InChI is InChI=1S/C20H21N5O2/c1-27-17-5-2-4-14(12-17)18-13-19(24-23-18)20(26)22-15-6-8-16(9-7-15)25-11-3-10-21-25/h2-12,18-19,23-24H,13H2,1H3,(H,22,26). The van der Waals surface area contributed by atoms with Gasteiger partial charge in [-0.05, 0) is 54.4 Å². The number of anilines is 1. The molecule has 2 atom stereocenters. The molecule has 0 radical (unpaired) electrons. The average molecular weight is 363 g/mol. The van der Waals surface area contributed by atoms with Crippen LogP contribution in [0, 0.1) is 0 Å². The Balaban J connectivity index is 1.37. The topological polar surface area (TPSA) is 80.2 Å². The minimum atomic E-state index is -0.313. The zero-order valence-corrected chi connectivity index (χ0v) is 14.9. The smallest absolute Gasteiger partial charge is 0.242 e. The van der Waals surface area contributed by atoms with Crippen molar-refractivity contribution in [3.8, 4) is 11.4 Å². The number of aromatic nitrogens is 2. The largest absolute Gasteiger partial charge is 0.497 e. The van der Waals surface area contributed by atoms with Crippen LogP contribution in [0.3, 0.4) is 0 Å². The molecule has 1 aliphatic heterocycles. The number of methoxy groups -OCH3 is 1. The van der Waals surface area contributed by atoms with Crippen LogP contribution in [0.1, 0.15) is 18.0 Å². The van der Waals surface area contributed by atoms with Gasteiger partial charge in [-0.15, -0.1) is 0 Å². The van der Waals surface area contributed by atoms with Crippen molar-refractivity contribution in [2.75, 3.05) is 12.4 Å². The van der Waals surface area contributed by atoms with Gasteiger partial charge in [0.05, 0.1) is 12.8 Å². The van der Waals surface area contributed by atoms with E-state index in [4.69, 9.17) is 4.74 Å². The fourth-order valence-electron chi connectivity index (χ4n) is 3.15. The number of hydrogen-bond acceptors (Lipinski definition) is 5. The molecule has 2 aromatic carbocycles. The maximum Gasteiger partial charge on any atom is 0.242 e. The van der Waals surface area contributed by atoms with Crippen LogP contribution in [0.4, 0.5) is 5.69 Å². The Hall–Kier alpha value is -3.16. The van der Waals surface area contributed by atoms with Crippen molar-refractivity contribution in [1.82, 2.24) is 20.6 Å². The molecule has 0 spiro atoms. The fraction of sp³-hybridized carbons (Fsp3) is 0.200. The lowest BCUT2D eigenvalue weighted by Crippen LogP contribution is -2.39. The summed E-state index contributed by atoms with van der Waals surface area (Å²) in [7, 11) is 1.65. The van der Waals surface area contributed by atoms with Gasteiger partial charge in [-0.25, -0.2) is 15.5 Å². The minimum Gasteiger partial charge on any atom is -0.497 e. The van der Waals surface area contributed by atoms with E-state index in [9.17, 15) is 4.79 Å². The van der Waals surface area contributed by atoms with E-state index in [2.05, 4.69) is 21.3 Å². The van der Waals surface area contributed by atoms with Crippen molar-refractivity contribution >= 4 is 11.6 Å². The number of nitrogens with zero attached hydrogens (tertiary/aromatic N) is 2. The van der Waals surface area contributed by atoms with Crippen molar-refractivity contribution in [3.05, 3.63) is 72.6 Å². The highest BCUT2D eigenvalue weighted by molar-refractivity contribution is 5.95. The summed E-state index contributed by atoms with van der Waals surface area (Å²) in [5, 5.41) is 7.15. The van der Waals surface area contributed by atoms with E-state index in [0.29, 0.717) is 6.42 Å². The van der Waals surface area contributed by atoms with E-state index in [1.165, 1.54) is 0 Å². The molecular formula is C20H21N5O2. The molecule has 1 aliphatic rings. The predicted molar refractivity (Wildman–Crippen MR) is 103 cm³/mol. The lowest BCUT2D eigenvalue weighted by molar-refractivity contribution is -0.117. The first kappa shape index (κ1) is 17.3. The van der Waals surface area contributed by atoms with Crippen molar-refractivity contribution in [2.45, 2.75) is 18.5 Å². The number of amides is 1. The number of rotatable bonds is 5. The Morgan fingerprint density at radius 2 is 2.04 bits per heavy atom. The van der Waals surface area contributed by atoms with Crippen LogP contribution in [0.15, 0.2) is 67.0 Å². The Morgan fingerprint density at radius 1 is 1.19 bits per heavy atom. The molecule has 7 heteroatoms. The highest BCUT2D eigenvalue weighted by Gasteiger charge is 2.30. The Bertz CT molecular complexity index is 908. The molecule has 1 saturated heterocycles. The zero-order chi connectivity index (χ0) is 18.6. The second kappa shape index (κ2) is 7.61. The average Bonchev–Trinajstić information content (AvgIpc) is 3.41. The van der Waals surface area contributed by atoms with Crippen molar-refractivity contribution < 1.29 is 9.53 Å². The maximum atomic E-state index is 12.6.